The number of carbonyl (C=O) groups is 1. The van der Waals surface area contributed by atoms with Crippen LogP contribution in [0.2, 0.25) is 0 Å². The first-order valence-electron chi connectivity index (χ1n) is 8.79. The second kappa shape index (κ2) is 8.12. The lowest BCUT2D eigenvalue weighted by atomic mass is 10.1. The van der Waals surface area contributed by atoms with Crippen molar-refractivity contribution in [2.45, 2.75) is 5.16 Å². The van der Waals surface area contributed by atoms with Gasteiger partial charge in [-0.2, -0.15) is 0 Å². The number of para-hydroxylation sites is 2. The number of fused-ring (bicyclic) bond motifs is 1. The van der Waals surface area contributed by atoms with E-state index in [0.29, 0.717) is 21.2 Å². The van der Waals surface area contributed by atoms with Crippen LogP contribution < -0.4 is 0 Å². The smallest absolute Gasteiger partial charge is 0.269 e. The van der Waals surface area contributed by atoms with Crippen molar-refractivity contribution < 1.29 is 9.72 Å². The van der Waals surface area contributed by atoms with Gasteiger partial charge in [0.05, 0.1) is 20.9 Å². The van der Waals surface area contributed by atoms with Crippen molar-refractivity contribution in [1.82, 2.24) is 9.97 Å². The molecule has 4 aromatic rings. The molecule has 1 heterocycles. The molecule has 3 aromatic carbocycles. The van der Waals surface area contributed by atoms with E-state index in [4.69, 9.17) is 0 Å². The topological polar surface area (TPSA) is 88.9 Å². The molecule has 0 spiro atoms. The summed E-state index contributed by atoms with van der Waals surface area (Å²) in [6, 6.07) is 22.7. The number of aromatic nitrogens is 2. The first kappa shape index (κ1) is 18.6. The van der Waals surface area contributed by atoms with Crippen molar-refractivity contribution in [2.24, 2.45) is 0 Å². The molecule has 4 rings (SSSR count). The number of hydrogen-bond acceptors (Lipinski definition) is 5. The first-order valence-corrected chi connectivity index (χ1v) is 9.60. The van der Waals surface area contributed by atoms with E-state index in [1.165, 1.54) is 23.9 Å². The molecule has 0 fully saturated rings. The Bertz CT molecular complexity index is 1180. The molecule has 0 aliphatic carbocycles. The number of nitro groups is 1. The minimum atomic E-state index is -0.452. The lowest BCUT2D eigenvalue weighted by Crippen LogP contribution is -2.01. The van der Waals surface area contributed by atoms with E-state index < -0.39 is 4.92 Å². The number of carbonyl (C=O) groups excluding carboxylic acids is 1. The Balaban J connectivity index is 1.71. The van der Waals surface area contributed by atoms with Crippen molar-refractivity contribution in [3.8, 4) is 0 Å². The molecular weight excluding hydrogens is 386 g/mol. The van der Waals surface area contributed by atoms with Crippen LogP contribution in [-0.2, 0) is 0 Å². The average Bonchev–Trinajstić information content (AvgIpc) is 3.16. The monoisotopic (exact) mass is 401 g/mol. The quantitative estimate of drug-likeness (QED) is 0.152. The second-order valence-corrected chi connectivity index (χ2v) is 7.24. The summed E-state index contributed by atoms with van der Waals surface area (Å²) in [5.74, 6) is -0.144. The number of hydrogen-bond donors (Lipinski definition) is 1. The molecule has 0 saturated heterocycles. The predicted molar refractivity (Wildman–Crippen MR) is 114 cm³/mol. The molecule has 0 radical (unpaired) electrons. The number of nitrogens with one attached hydrogen (secondary N) is 1. The highest BCUT2D eigenvalue weighted by molar-refractivity contribution is 8.04. The van der Waals surface area contributed by atoms with E-state index in [2.05, 4.69) is 9.97 Å². The van der Waals surface area contributed by atoms with E-state index in [1.54, 1.807) is 30.3 Å². The van der Waals surface area contributed by atoms with Gasteiger partial charge in [0, 0.05) is 17.7 Å². The molecule has 1 N–H and O–H groups in total. The number of nitro benzene ring substituents is 1. The van der Waals surface area contributed by atoms with E-state index >= 15 is 0 Å². The number of imidazole rings is 1. The number of H-pyrrole nitrogens is 1. The lowest BCUT2D eigenvalue weighted by molar-refractivity contribution is -0.384. The summed E-state index contributed by atoms with van der Waals surface area (Å²) < 4.78 is 0. The van der Waals surface area contributed by atoms with Crippen molar-refractivity contribution in [3.05, 3.63) is 105 Å². The zero-order valence-electron chi connectivity index (χ0n) is 15.1. The van der Waals surface area contributed by atoms with Crippen molar-refractivity contribution in [2.75, 3.05) is 0 Å². The number of aromatic amines is 1. The molecule has 0 bridgehead atoms. The van der Waals surface area contributed by atoms with Crippen LogP contribution in [0.1, 0.15) is 15.9 Å². The normalized spacial score (nSPS) is 11.5. The molecule has 0 unspecified atom stereocenters. The SMILES string of the molecule is O=C(/C(=C\c1ccc([N+](=O)[O-])cc1)Sc1nc2ccccc2[nH]1)c1ccccc1. The molecule has 0 aliphatic rings. The summed E-state index contributed by atoms with van der Waals surface area (Å²) in [4.78, 5) is 31.7. The number of allylic oxidation sites excluding steroid dienone is 1. The molecule has 6 nitrogen and oxygen atoms in total. The van der Waals surface area contributed by atoms with Gasteiger partial charge in [0.1, 0.15) is 0 Å². The molecule has 1 aromatic heterocycles. The van der Waals surface area contributed by atoms with Crippen LogP contribution in [0.4, 0.5) is 5.69 Å². The van der Waals surface area contributed by atoms with Gasteiger partial charge in [-0.05, 0) is 47.7 Å². The molecule has 0 atom stereocenters. The van der Waals surface area contributed by atoms with Gasteiger partial charge in [0.15, 0.2) is 10.9 Å². The molecule has 142 valence electrons. The van der Waals surface area contributed by atoms with Gasteiger partial charge in [-0.3, -0.25) is 14.9 Å². The molecule has 7 heteroatoms. The van der Waals surface area contributed by atoms with Gasteiger partial charge in [-0.25, -0.2) is 4.98 Å². The fraction of sp³-hybridized carbons (Fsp3) is 0. The minimum Gasteiger partial charge on any atom is -0.333 e. The summed E-state index contributed by atoms with van der Waals surface area (Å²) in [6.45, 7) is 0. The molecular formula is C22H15N3O3S. The number of benzene rings is 3. The van der Waals surface area contributed by atoms with Gasteiger partial charge >= 0.3 is 0 Å². The van der Waals surface area contributed by atoms with Crippen molar-refractivity contribution in [3.63, 3.8) is 0 Å². The Morgan fingerprint density at radius 3 is 2.34 bits per heavy atom. The number of Topliss-reactive ketones (excluding diaryl/α,β-unsaturated/α-hetero) is 1. The maximum atomic E-state index is 13.1. The summed E-state index contributed by atoms with van der Waals surface area (Å²) >= 11 is 1.23. The van der Waals surface area contributed by atoms with Crippen LogP contribution in [-0.4, -0.2) is 20.7 Å². The highest BCUT2D eigenvalue weighted by atomic mass is 32.2. The predicted octanol–water partition coefficient (Wildman–Crippen LogP) is 5.49. The van der Waals surface area contributed by atoms with Crippen LogP contribution in [0.25, 0.3) is 17.1 Å². The van der Waals surface area contributed by atoms with Gasteiger partial charge in [0.25, 0.3) is 5.69 Å². The highest BCUT2D eigenvalue weighted by Crippen LogP contribution is 2.31. The number of rotatable bonds is 6. The second-order valence-electron chi connectivity index (χ2n) is 6.21. The summed E-state index contributed by atoms with van der Waals surface area (Å²) in [5.41, 5.74) is 2.96. The van der Waals surface area contributed by atoms with Crippen molar-refractivity contribution >= 4 is 40.3 Å². The zero-order valence-corrected chi connectivity index (χ0v) is 15.9. The van der Waals surface area contributed by atoms with Gasteiger partial charge in [0.2, 0.25) is 0 Å². The number of nitrogens with zero attached hydrogens (tertiary/aromatic N) is 2. The van der Waals surface area contributed by atoms with Crippen LogP contribution in [0, 0.1) is 10.1 Å². The van der Waals surface area contributed by atoms with Gasteiger partial charge in [-0.15, -0.1) is 0 Å². The third kappa shape index (κ3) is 4.25. The largest absolute Gasteiger partial charge is 0.333 e. The Hall–Kier alpha value is -3.71. The number of thioether (sulfide) groups is 1. The standard InChI is InChI=1S/C22H15N3O3S/c26-21(16-6-2-1-3-7-16)20(14-15-10-12-17(13-11-15)25(27)28)29-22-23-18-8-4-5-9-19(18)24-22/h1-14H,(H,23,24)/b20-14+. The molecule has 0 aliphatic heterocycles. The van der Waals surface area contributed by atoms with Gasteiger partial charge < -0.3 is 4.98 Å². The first-order chi connectivity index (χ1) is 14.1. The third-order valence-electron chi connectivity index (χ3n) is 4.24. The highest BCUT2D eigenvalue weighted by Gasteiger charge is 2.16. The Labute approximate surface area is 170 Å². The Kier molecular flexibility index (Phi) is 5.22. The van der Waals surface area contributed by atoms with Crippen LogP contribution in [0.5, 0.6) is 0 Å². The maximum absolute atomic E-state index is 13.1. The average molecular weight is 401 g/mol. The fourth-order valence-electron chi connectivity index (χ4n) is 2.80. The van der Waals surface area contributed by atoms with Crippen LogP contribution in [0.15, 0.2) is 88.9 Å². The minimum absolute atomic E-state index is 0.00280. The maximum Gasteiger partial charge on any atom is 0.269 e. The van der Waals surface area contributed by atoms with Gasteiger partial charge in [-0.1, -0.05) is 42.5 Å². The number of non-ortho nitro benzene ring substituents is 1. The molecule has 0 amide bonds. The third-order valence-corrected chi connectivity index (χ3v) is 5.15. The van der Waals surface area contributed by atoms with E-state index in [-0.39, 0.29) is 11.5 Å². The van der Waals surface area contributed by atoms with Crippen molar-refractivity contribution in [1.29, 1.82) is 0 Å². The zero-order chi connectivity index (χ0) is 20.2. The molecule has 0 saturated carbocycles. The van der Waals surface area contributed by atoms with E-state index in [9.17, 15) is 14.9 Å². The molecule has 29 heavy (non-hydrogen) atoms. The van der Waals surface area contributed by atoms with E-state index in [0.717, 1.165) is 11.0 Å². The van der Waals surface area contributed by atoms with Crippen LogP contribution >= 0.6 is 11.8 Å². The fourth-order valence-corrected chi connectivity index (χ4v) is 3.72. The summed E-state index contributed by atoms with van der Waals surface area (Å²) in [7, 11) is 0. The van der Waals surface area contributed by atoms with Crippen LogP contribution in [0.3, 0.4) is 0 Å². The lowest BCUT2D eigenvalue weighted by Gasteiger charge is -2.05. The number of ketones is 1. The summed E-state index contributed by atoms with van der Waals surface area (Å²) in [5, 5.41) is 11.5. The Morgan fingerprint density at radius 2 is 1.66 bits per heavy atom. The van der Waals surface area contributed by atoms with E-state index in [1.807, 2.05) is 42.5 Å². The summed E-state index contributed by atoms with van der Waals surface area (Å²) in [6.07, 6.45) is 1.72. The Morgan fingerprint density at radius 1 is 0.966 bits per heavy atom.